The van der Waals surface area contributed by atoms with Crippen molar-refractivity contribution in [2.24, 2.45) is 0 Å². The van der Waals surface area contributed by atoms with Crippen LogP contribution in [0.4, 0.5) is 4.39 Å². The molecule has 2 N–H and O–H groups in total. The van der Waals surface area contributed by atoms with Crippen molar-refractivity contribution in [1.82, 2.24) is 20.0 Å². The smallest absolute Gasteiger partial charge is 0.271 e. The van der Waals surface area contributed by atoms with Crippen LogP contribution in [0.1, 0.15) is 35.3 Å². The van der Waals surface area contributed by atoms with Crippen LogP contribution in [0.25, 0.3) is 5.65 Å². The number of imidazole rings is 1. The molecule has 0 aliphatic heterocycles. The van der Waals surface area contributed by atoms with E-state index in [1.54, 1.807) is 6.20 Å². The molecule has 2 amide bonds. The van der Waals surface area contributed by atoms with Crippen molar-refractivity contribution in [1.29, 1.82) is 0 Å². The molecule has 3 saturated carbocycles. The molecule has 0 atom stereocenters. The summed E-state index contributed by atoms with van der Waals surface area (Å²) in [5, 5.41) is 6.03. The van der Waals surface area contributed by atoms with Crippen LogP contribution >= 0.6 is 11.6 Å². The summed E-state index contributed by atoms with van der Waals surface area (Å²) in [5.74, 6) is -0.863. The van der Waals surface area contributed by atoms with E-state index < -0.39 is 5.82 Å². The Morgan fingerprint density at radius 1 is 1.19 bits per heavy atom. The highest BCUT2D eigenvalue weighted by atomic mass is 35.5. The average Bonchev–Trinajstić information content (AvgIpc) is 3.09. The van der Waals surface area contributed by atoms with Crippen molar-refractivity contribution in [3.05, 3.63) is 64.8 Å². The molecule has 7 nitrogen and oxygen atoms in total. The highest BCUT2D eigenvalue weighted by molar-refractivity contribution is 6.30. The number of hydrogen-bond donors (Lipinski definition) is 2. The SMILES string of the molecule is Cc1ccn2cc(C(=O)NC34CC(NC(=O)COc5ccc(Cl)c(F)c5)(C3)C4)nc2c1. The molecule has 6 rings (SSSR count). The number of benzene rings is 1. The van der Waals surface area contributed by atoms with Crippen LogP contribution in [-0.2, 0) is 4.79 Å². The Bertz CT molecular complexity index is 1200. The standard InChI is InChI=1S/C22H20ClFN4O3/c1-13-4-5-28-8-17(25-18(28)6-13)20(30)27-22-10-21(11-22,12-22)26-19(29)9-31-14-2-3-15(23)16(24)7-14/h2-8H,9-12H2,1H3,(H,26,29)(H,27,30). The van der Waals surface area contributed by atoms with Crippen molar-refractivity contribution >= 4 is 29.1 Å². The molecule has 3 aliphatic rings. The average molecular weight is 443 g/mol. The minimum absolute atomic E-state index is 0.00299. The molecule has 0 spiro atoms. The number of carbonyl (C=O) groups is 2. The summed E-state index contributed by atoms with van der Waals surface area (Å²) in [5.41, 5.74) is 1.57. The summed E-state index contributed by atoms with van der Waals surface area (Å²) in [7, 11) is 0. The molecule has 1 aromatic carbocycles. The predicted molar refractivity (Wildman–Crippen MR) is 112 cm³/mol. The van der Waals surface area contributed by atoms with Crippen LogP contribution in [0.2, 0.25) is 5.02 Å². The Balaban J connectivity index is 1.12. The third-order valence-corrected chi connectivity index (χ3v) is 6.23. The van der Waals surface area contributed by atoms with Gasteiger partial charge in [-0.1, -0.05) is 11.6 Å². The quantitative estimate of drug-likeness (QED) is 0.614. The zero-order chi connectivity index (χ0) is 21.8. The normalized spacial score (nSPS) is 23.6. The number of rotatable bonds is 6. The second-order valence-corrected chi connectivity index (χ2v) is 8.96. The number of nitrogens with zero attached hydrogens (tertiary/aromatic N) is 2. The van der Waals surface area contributed by atoms with Gasteiger partial charge in [-0.3, -0.25) is 9.59 Å². The van der Waals surface area contributed by atoms with Gasteiger partial charge < -0.3 is 19.8 Å². The molecule has 3 aromatic rings. The van der Waals surface area contributed by atoms with Crippen molar-refractivity contribution < 1.29 is 18.7 Å². The van der Waals surface area contributed by atoms with Crippen molar-refractivity contribution in [2.45, 2.75) is 37.3 Å². The fraction of sp³-hybridized carbons (Fsp3) is 0.318. The Morgan fingerprint density at radius 3 is 2.68 bits per heavy atom. The Hall–Kier alpha value is -3.13. The number of aryl methyl sites for hydroxylation is 1. The summed E-state index contributed by atoms with van der Waals surface area (Å²) in [6.07, 6.45) is 5.59. The van der Waals surface area contributed by atoms with Gasteiger partial charge in [-0.2, -0.15) is 0 Å². The lowest BCUT2D eigenvalue weighted by Gasteiger charge is -2.70. The minimum atomic E-state index is -0.600. The van der Waals surface area contributed by atoms with Gasteiger partial charge in [0.25, 0.3) is 11.8 Å². The van der Waals surface area contributed by atoms with Gasteiger partial charge in [0.05, 0.1) is 5.02 Å². The number of carbonyl (C=O) groups excluding carboxylic acids is 2. The number of hydrogen-bond acceptors (Lipinski definition) is 4. The van der Waals surface area contributed by atoms with E-state index in [-0.39, 0.29) is 40.3 Å². The summed E-state index contributed by atoms with van der Waals surface area (Å²) >= 11 is 5.63. The first-order valence-electron chi connectivity index (χ1n) is 9.92. The molecule has 2 aromatic heterocycles. The van der Waals surface area contributed by atoms with E-state index in [0.717, 1.165) is 17.3 Å². The van der Waals surface area contributed by atoms with Crippen molar-refractivity contribution in [2.75, 3.05) is 6.61 Å². The summed E-state index contributed by atoms with van der Waals surface area (Å²) in [4.78, 5) is 29.2. The lowest BCUT2D eigenvalue weighted by atomic mass is 9.44. The van der Waals surface area contributed by atoms with E-state index in [9.17, 15) is 14.0 Å². The Labute approximate surface area is 182 Å². The third-order valence-electron chi connectivity index (χ3n) is 5.92. The lowest BCUT2D eigenvalue weighted by Crippen LogP contribution is -2.84. The van der Waals surface area contributed by atoms with Gasteiger partial charge in [0, 0.05) is 29.5 Å². The fourth-order valence-corrected chi connectivity index (χ4v) is 4.72. The maximum atomic E-state index is 13.4. The molecular formula is C22H20ClFN4O3. The van der Waals surface area contributed by atoms with Crippen molar-refractivity contribution in [3.63, 3.8) is 0 Å². The summed E-state index contributed by atoms with van der Waals surface area (Å²) in [6, 6.07) is 7.90. The van der Waals surface area contributed by atoms with Gasteiger partial charge in [0.1, 0.15) is 22.9 Å². The highest BCUT2D eigenvalue weighted by Crippen LogP contribution is 2.60. The topological polar surface area (TPSA) is 84.7 Å². The van der Waals surface area contributed by atoms with Gasteiger partial charge in [-0.25, -0.2) is 9.37 Å². The van der Waals surface area contributed by atoms with E-state index in [2.05, 4.69) is 15.6 Å². The predicted octanol–water partition coefficient (Wildman–Crippen LogP) is 3.04. The van der Waals surface area contributed by atoms with E-state index >= 15 is 0 Å². The molecule has 3 fully saturated rings. The molecule has 2 bridgehead atoms. The van der Waals surface area contributed by atoms with E-state index in [1.165, 1.54) is 12.1 Å². The second-order valence-electron chi connectivity index (χ2n) is 8.55. The molecule has 0 radical (unpaired) electrons. The molecular weight excluding hydrogens is 423 g/mol. The van der Waals surface area contributed by atoms with E-state index in [0.29, 0.717) is 25.0 Å². The number of ether oxygens (including phenoxy) is 1. The maximum absolute atomic E-state index is 13.4. The number of nitrogens with one attached hydrogen (secondary N) is 2. The monoisotopic (exact) mass is 442 g/mol. The largest absolute Gasteiger partial charge is 0.484 e. The zero-order valence-corrected chi connectivity index (χ0v) is 17.5. The number of aromatic nitrogens is 2. The zero-order valence-electron chi connectivity index (χ0n) is 16.7. The molecule has 0 unspecified atom stereocenters. The van der Waals surface area contributed by atoms with E-state index in [4.69, 9.17) is 16.3 Å². The number of halogens is 2. The summed E-state index contributed by atoms with van der Waals surface area (Å²) < 4.78 is 20.6. The van der Waals surface area contributed by atoms with Gasteiger partial charge in [0.15, 0.2) is 6.61 Å². The molecule has 160 valence electrons. The van der Waals surface area contributed by atoms with Crippen molar-refractivity contribution in [3.8, 4) is 5.75 Å². The number of amides is 2. The first kappa shape index (κ1) is 19.8. The first-order chi connectivity index (χ1) is 14.7. The van der Waals surface area contributed by atoms with Crippen LogP contribution in [0.15, 0.2) is 42.7 Å². The van der Waals surface area contributed by atoms with Crippen LogP contribution in [-0.4, -0.2) is 38.9 Å². The van der Waals surface area contributed by atoms with Gasteiger partial charge in [-0.05, 0) is 56.0 Å². The molecule has 31 heavy (non-hydrogen) atoms. The number of pyridine rings is 1. The third kappa shape index (κ3) is 3.61. The molecule has 0 saturated heterocycles. The van der Waals surface area contributed by atoms with Crippen LogP contribution in [0.3, 0.4) is 0 Å². The lowest BCUT2D eigenvalue weighted by molar-refractivity contribution is -0.141. The molecule has 9 heteroatoms. The van der Waals surface area contributed by atoms with Gasteiger partial charge in [0.2, 0.25) is 0 Å². The first-order valence-corrected chi connectivity index (χ1v) is 10.3. The highest BCUT2D eigenvalue weighted by Gasteiger charge is 2.69. The molecule has 3 aliphatic carbocycles. The summed E-state index contributed by atoms with van der Waals surface area (Å²) in [6.45, 7) is 1.76. The van der Waals surface area contributed by atoms with E-state index in [1.807, 2.05) is 29.7 Å². The van der Waals surface area contributed by atoms with Crippen LogP contribution < -0.4 is 15.4 Å². The fourth-order valence-electron chi connectivity index (χ4n) is 4.60. The maximum Gasteiger partial charge on any atom is 0.271 e. The molecule has 2 heterocycles. The van der Waals surface area contributed by atoms with Crippen LogP contribution in [0, 0.1) is 12.7 Å². The minimum Gasteiger partial charge on any atom is -0.484 e. The second kappa shape index (κ2) is 6.95. The Morgan fingerprint density at radius 2 is 1.94 bits per heavy atom. The van der Waals surface area contributed by atoms with Crippen LogP contribution in [0.5, 0.6) is 5.75 Å². The van der Waals surface area contributed by atoms with Gasteiger partial charge >= 0.3 is 0 Å². The van der Waals surface area contributed by atoms with Gasteiger partial charge in [-0.15, -0.1) is 0 Å². The number of fused-ring (bicyclic) bond motifs is 1. The Kier molecular flexibility index (Phi) is 4.44.